The van der Waals surface area contributed by atoms with Gasteiger partial charge in [0, 0.05) is 24.5 Å². The Balaban J connectivity index is 1.68. The highest BCUT2D eigenvalue weighted by Gasteiger charge is 2.25. The molecule has 134 valence electrons. The molecule has 0 spiro atoms. The van der Waals surface area contributed by atoms with E-state index in [0.29, 0.717) is 11.6 Å². The predicted molar refractivity (Wildman–Crippen MR) is 101 cm³/mol. The maximum Gasteiger partial charge on any atom is 0.357 e. The zero-order chi connectivity index (χ0) is 18.7. The molecule has 5 nitrogen and oxygen atoms in total. The SMILES string of the molecule is CC(OC(=O)c1[nH]c2ccccc2c1Cl)C(=O)N(C)Cc1ccccc1. The van der Waals surface area contributed by atoms with Crippen molar-refractivity contribution < 1.29 is 14.3 Å². The van der Waals surface area contributed by atoms with Gasteiger partial charge in [-0.2, -0.15) is 0 Å². The summed E-state index contributed by atoms with van der Waals surface area (Å²) in [6.07, 6.45) is -0.918. The Morgan fingerprint density at radius 1 is 1.12 bits per heavy atom. The normalized spacial score (nSPS) is 12.0. The van der Waals surface area contributed by atoms with Crippen LogP contribution in [0.5, 0.6) is 0 Å². The number of para-hydroxylation sites is 1. The van der Waals surface area contributed by atoms with Crippen LogP contribution in [0.2, 0.25) is 5.02 Å². The lowest BCUT2D eigenvalue weighted by Crippen LogP contribution is -2.37. The summed E-state index contributed by atoms with van der Waals surface area (Å²) in [6.45, 7) is 1.99. The first-order chi connectivity index (χ1) is 12.5. The zero-order valence-corrected chi connectivity index (χ0v) is 15.3. The summed E-state index contributed by atoms with van der Waals surface area (Å²) in [7, 11) is 1.68. The summed E-state index contributed by atoms with van der Waals surface area (Å²) in [6, 6.07) is 16.9. The van der Waals surface area contributed by atoms with Gasteiger partial charge in [-0.3, -0.25) is 4.79 Å². The molecule has 1 N–H and O–H groups in total. The van der Waals surface area contributed by atoms with E-state index in [9.17, 15) is 9.59 Å². The van der Waals surface area contributed by atoms with Crippen LogP contribution >= 0.6 is 11.6 Å². The van der Waals surface area contributed by atoms with Crippen molar-refractivity contribution in [2.45, 2.75) is 19.6 Å². The second-order valence-electron chi connectivity index (χ2n) is 6.09. The molecule has 1 heterocycles. The van der Waals surface area contributed by atoms with Crippen LogP contribution in [-0.2, 0) is 16.1 Å². The lowest BCUT2D eigenvalue weighted by molar-refractivity contribution is -0.139. The van der Waals surface area contributed by atoms with Crippen molar-refractivity contribution in [3.63, 3.8) is 0 Å². The first-order valence-electron chi connectivity index (χ1n) is 8.23. The number of likely N-dealkylation sites (N-methyl/N-ethyl adjacent to an activating group) is 1. The zero-order valence-electron chi connectivity index (χ0n) is 14.5. The molecule has 0 radical (unpaired) electrons. The van der Waals surface area contributed by atoms with Gasteiger partial charge in [0.25, 0.3) is 5.91 Å². The van der Waals surface area contributed by atoms with Crippen LogP contribution in [0.25, 0.3) is 10.9 Å². The number of aromatic nitrogens is 1. The summed E-state index contributed by atoms with van der Waals surface area (Å²) in [4.78, 5) is 29.4. The number of carbonyl (C=O) groups excluding carboxylic acids is 2. The minimum Gasteiger partial charge on any atom is -0.448 e. The van der Waals surface area contributed by atoms with Crippen LogP contribution in [0.4, 0.5) is 0 Å². The molecule has 0 bridgehead atoms. The average Bonchev–Trinajstić information content (AvgIpc) is 2.99. The van der Waals surface area contributed by atoms with Gasteiger partial charge in [-0.1, -0.05) is 60.1 Å². The van der Waals surface area contributed by atoms with Gasteiger partial charge in [-0.05, 0) is 18.6 Å². The first kappa shape index (κ1) is 18.0. The summed E-state index contributed by atoms with van der Waals surface area (Å²) in [5.41, 5.74) is 1.89. The largest absolute Gasteiger partial charge is 0.448 e. The monoisotopic (exact) mass is 370 g/mol. The smallest absolute Gasteiger partial charge is 0.357 e. The third-order valence-corrected chi connectivity index (χ3v) is 4.51. The maximum atomic E-state index is 12.5. The fourth-order valence-corrected chi connectivity index (χ4v) is 3.05. The van der Waals surface area contributed by atoms with Crippen LogP contribution in [0.15, 0.2) is 54.6 Å². The molecule has 26 heavy (non-hydrogen) atoms. The summed E-state index contributed by atoms with van der Waals surface area (Å²) in [5.74, 6) is -0.936. The van der Waals surface area contributed by atoms with E-state index in [1.54, 1.807) is 14.0 Å². The molecule has 6 heteroatoms. The Morgan fingerprint density at radius 3 is 2.46 bits per heavy atom. The standard InChI is InChI=1S/C20H19ClN2O3/c1-13(19(24)23(2)12-14-8-4-3-5-9-14)26-20(25)18-17(21)15-10-6-7-11-16(15)22-18/h3-11,13,22H,12H2,1-2H3. The Morgan fingerprint density at radius 2 is 1.77 bits per heavy atom. The van der Waals surface area contributed by atoms with Crippen LogP contribution in [-0.4, -0.2) is 34.9 Å². The van der Waals surface area contributed by atoms with Crippen molar-refractivity contribution in [1.82, 2.24) is 9.88 Å². The molecule has 0 saturated heterocycles. The minimum atomic E-state index is -0.918. The van der Waals surface area contributed by atoms with Gasteiger partial charge >= 0.3 is 5.97 Å². The van der Waals surface area contributed by atoms with E-state index >= 15 is 0 Å². The second kappa shape index (κ2) is 7.62. The molecule has 2 aromatic carbocycles. The number of nitrogens with one attached hydrogen (secondary N) is 1. The Kier molecular flexibility index (Phi) is 5.28. The summed E-state index contributed by atoms with van der Waals surface area (Å²) < 4.78 is 5.32. The lowest BCUT2D eigenvalue weighted by atomic mass is 10.2. The van der Waals surface area contributed by atoms with Gasteiger partial charge in [0.1, 0.15) is 5.69 Å². The van der Waals surface area contributed by atoms with Gasteiger partial charge in [-0.25, -0.2) is 4.79 Å². The van der Waals surface area contributed by atoms with Gasteiger partial charge in [0.15, 0.2) is 6.10 Å². The number of halogens is 1. The van der Waals surface area contributed by atoms with E-state index in [1.807, 2.05) is 54.6 Å². The van der Waals surface area contributed by atoms with Crippen LogP contribution in [0.3, 0.4) is 0 Å². The van der Waals surface area contributed by atoms with Crippen molar-refractivity contribution >= 4 is 34.4 Å². The third kappa shape index (κ3) is 3.73. The lowest BCUT2D eigenvalue weighted by Gasteiger charge is -2.21. The van der Waals surface area contributed by atoms with Crippen LogP contribution in [0, 0.1) is 0 Å². The number of benzene rings is 2. The van der Waals surface area contributed by atoms with Gasteiger partial charge in [0.05, 0.1) is 5.02 Å². The number of aromatic amines is 1. The topological polar surface area (TPSA) is 62.4 Å². The fraction of sp³-hybridized carbons (Fsp3) is 0.200. The van der Waals surface area contributed by atoms with E-state index < -0.39 is 12.1 Å². The molecule has 1 amide bonds. The average molecular weight is 371 g/mol. The number of nitrogens with zero attached hydrogens (tertiary/aromatic N) is 1. The minimum absolute atomic E-state index is 0.151. The molecular weight excluding hydrogens is 352 g/mol. The van der Waals surface area contributed by atoms with E-state index in [1.165, 1.54) is 4.90 Å². The van der Waals surface area contributed by atoms with E-state index in [-0.39, 0.29) is 11.6 Å². The molecule has 0 aliphatic rings. The quantitative estimate of drug-likeness (QED) is 0.690. The highest BCUT2D eigenvalue weighted by atomic mass is 35.5. The van der Waals surface area contributed by atoms with Crippen LogP contribution < -0.4 is 0 Å². The summed E-state index contributed by atoms with van der Waals surface area (Å²) >= 11 is 6.26. The van der Waals surface area contributed by atoms with E-state index in [4.69, 9.17) is 16.3 Å². The van der Waals surface area contributed by atoms with E-state index in [2.05, 4.69) is 4.98 Å². The molecule has 0 aliphatic heterocycles. The molecule has 1 atom stereocenters. The van der Waals surface area contributed by atoms with Crippen molar-refractivity contribution in [1.29, 1.82) is 0 Å². The number of esters is 1. The van der Waals surface area contributed by atoms with E-state index in [0.717, 1.165) is 16.5 Å². The van der Waals surface area contributed by atoms with Crippen molar-refractivity contribution in [3.8, 4) is 0 Å². The molecule has 0 aliphatic carbocycles. The molecule has 0 saturated carbocycles. The highest BCUT2D eigenvalue weighted by Crippen LogP contribution is 2.27. The molecule has 1 unspecified atom stereocenters. The third-order valence-electron chi connectivity index (χ3n) is 4.12. The number of hydrogen-bond donors (Lipinski definition) is 1. The van der Waals surface area contributed by atoms with Crippen molar-refractivity contribution in [3.05, 3.63) is 70.9 Å². The first-order valence-corrected chi connectivity index (χ1v) is 8.61. The van der Waals surface area contributed by atoms with Crippen molar-refractivity contribution in [2.24, 2.45) is 0 Å². The molecule has 0 fully saturated rings. The number of H-pyrrole nitrogens is 1. The molecular formula is C20H19ClN2O3. The molecule has 3 aromatic rings. The number of amides is 1. The van der Waals surface area contributed by atoms with Crippen molar-refractivity contribution in [2.75, 3.05) is 7.05 Å². The predicted octanol–water partition coefficient (Wildman–Crippen LogP) is 4.03. The maximum absolute atomic E-state index is 12.5. The van der Waals surface area contributed by atoms with Gasteiger partial charge in [-0.15, -0.1) is 0 Å². The number of carbonyl (C=O) groups is 2. The van der Waals surface area contributed by atoms with Gasteiger partial charge in [0.2, 0.25) is 0 Å². The number of fused-ring (bicyclic) bond motifs is 1. The Hall–Kier alpha value is -2.79. The Bertz CT molecular complexity index is 937. The Labute approximate surface area is 156 Å². The molecule has 1 aromatic heterocycles. The number of hydrogen-bond acceptors (Lipinski definition) is 3. The number of ether oxygens (including phenoxy) is 1. The summed E-state index contributed by atoms with van der Waals surface area (Å²) in [5, 5.41) is 1.03. The number of rotatable bonds is 5. The fourth-order valence-electron chi connectivity index (χ4n) is 2.76. The molecule has 3 rings (SSSR count). The highest BCUT2D eigenvalue weighted by molar-refractivity contribution is 6.38. The van der Waals surface area contributed by atoms with Gasteiger partial charge < -0.3 is 14.6 Å². The second-order valence-corrected chi connectivity index (χ2v) is 6.46. The van der Waals surface area contributed by atoms with Crippen LogP contribution in [0.1, 0.15) is 23.0 Å².